The largest absolute Gasteiger partial charge is 0.381 e. The van der Waals surface area contributed by atoms with Crippen LogP contribution in [0.4, 0.5) is 17.2 Å². The molecule has 0 spiro atoms. The van der Waals surface area contributed by atoms with Gasteiger partial charge in [0.1, 0.15) is 0 Å². The fourth-order valence-electron chi connectivity index (χ4n) is 1.65. The summed E-state index contributed by atoms with van der Waals surface area (Å²) < 4.78 is 1.39. The Morgan fingerprint density at radius 3 is 2.50 bits per heavy atom. The van der Waals surface area contributed by atoms with E-state index >= 15 is 0 Å². The standard InChI is InChI=1S/C10H10N6O4/c1-6-10(11)12-13-14(6)5-7-2-3-8(15(17)18)4-9(7)16(19)20/h2-4H,5,11H2,1H3. The highest BCUT2D eigenvalue weighted by Crippen LogP contribution is 2.25. The van der Waals surface area contributed by atoms with Crippen LogP contribution in [0.25, 0.3) is 0 Å². The molecule has 10 nitrogen and oxygen atoms in total. The van der Waals surface area contributed by atoms with Crippen molar-refractivity contribution in [1.29, 1.82) is 0 Å². The average Bonchev–Trinajstić information content (AvgIpc) is 2.70. The molecular formula is C10H10N6O4. The maximum atomic E-state index is 11.0. The molecule has 0 atom stereocenters. The van der Waals surface area contributed by atoms with Crippen molar-refractivity contribution in [2.75, 3.05) is 5.73 Å². The van der Waals surface area contributed by atoms with Crippen LogP contribution in [0.2, 0.25) is 0 Å². The Kier molecular flexibility index (Phi) is 3.29. The third-order valence-electron chi connectivity index (χ3n) is 2.81. The number of hydrogen-bond donors (Lipinski definition) is 1. The Morgan fingerprint density at radius 1 is 1.30 bits per heavy atom. The fourth-order valence-corrected chi connectivity index (χ4v) is 1.65. The quantitative estimate of drug-likeness (QED) is 0.649. The van der Waals surface area contributed by atoms with Crippen molar-refractivity contribution in [3.05, 3.63) is 49.7 Å². The number of rotatable bonds is 4. The van der Waals surface area contributed by atoms with Gasteiger partial charge in [0.2, 0.25) is 0 Å². The maximum absolute atomic E-state index is 11.0. The molecule has 0 unspecified atom stereocenters. The topological polar surface area (TPSA) is 143 Å². The summed E-state index contributed by atoms with van der Waals surface area (Å²) in [5.41, 5.74) is 5.71. The Balaban J connectivity index is 2.43. The van der Waals surface area contributed by atoms with Gasteiger partial charge in [0.15, 0.2) is 5.82 Å². The van der Waals surface area contributed by atoms with Gasteiger partial charge in [-0.3, -0.25) is 20.2 Å². The second kappa shape index (κ2) is 4.91. The monoisotopic (exact) mass is 278 g/mol. The third-order valence-corrected chi connectivity index (χ3v) is 2.81. The summed E-state index contributed by atoms with van der Waals surface area (Å²) in [6, 6.07) is 3.45. The van der Waals surface area contributed by atoms with Gasteiger partial charge in [-0.15, -0.1) is 5.10 Å². The van der Waals surface area contributed by atoms with Gasteiger partial charge in [-0.2, -0.15) is 0 Å². The summed E-state index contributed by atoms with van der Waals surface area (Å²) in [4.78, 5) is 20.3. The molecule has 2 aromatic rings. The molecule has 0 amide bonds. The molecule has 0 aliphatic carbocycles. The van der Waals surface area contributed by atoms with Crippen molar-refractivity contribution in [2.24, 2.45) is 0 Å². The summed E-state index contributed by atoms with van der Waals surface area (Å²) in [6.07, 6.45) is 0. The zero-order chi connectivity index (χ0) is 14.9. The van der Waals surface area contributed by atoms with E-state index in [0.29, 0.717) is 5.69 Å². The molecule has 2 N–H and O–H groups in total. The number of anilines is 1. The summed E-state index contributed by atoms with van der Waals surface area (Å²) >= 11 is 0. The maximum Gasteiger partial charge on any atom is 0.281 e. The Labute approximate surface area is 112 Å². The summed E-state index contributed by atoms with van der Waals surface area (Å²) in [5.74, 6) is 0.231. The molecule has 10 heteroatoms. The molecule has 104 valence electrons. The van der Waals surface area contributed by atoms with Crippen molar-refractivity contribution in [3.63, 3.8) is 0 Å². The SMILES string of the molecule is Cc1c(N)nnn1Cc1ccc([N+](=O)[O-])cc1[N+](=O)[O-]. The number of benzene rings is 1. The van der Waals surface area contributed by atoms with Gasteiger partial charge in [-0.25, -0.2) is 4.68 Å². The van der Waals surface area contributed by atoms with Crippen LogP contribution in [0.1, 0.15) is 11.3 Å². The first-order chi connectivity index (χ1) is 9.40. The van der Waals surface area contributed by atoms with E-state index in [-0.39, 0.29) is 29.3 Å². The van der Waals surface area contributed by atoms with Crippen molar-refractivity contribution in [2.45, 2.75) is 13.5 Å². The Morgan fingerprint density at radius 2 is 2.00 bits per heavy atom. The molecule has 0 aliphatic heterocycles. The highest BCUT2D eigenvalue weighted by atomic mass is 16.6. The van der Waals surface area contributed by atoms with Gasteiger partial charge in [0.05, 0.1) is 33.7 Å². The van der Waals surface area contributed by atoms with Crippen LogP contribution in [0.5, 0.6) is 0 Å². The van der Waals surface area contributed by atoms with Crippen LogP contribution >= 0.6 is 0 Å². The lowest BCUT2D eigenvalue weighted by atomic mass is 10.1. The van der Waals surface area contributed by atoms with E-state index in [0.717, 1.165) is 6.07 Å². The van der Waals surface area contributed by atoms with Gasteiger partial charge in [-0.05, 0) is 13.0 Å². The van der Waals surface area contributed by atoms with Gasteiger partial charge in [0, 0.05) is 6.07 Å². The van der Waals surface area contributed by atoms with Crippen LogP contribution < -0.4 is 5.73 Å². The van der Waals surface area contributed by atoms with Crippen LogP contribution in [0.15, 0.2) is 18.2 Å². The Hall–Kier alpha value is -3.04. The average molecular weight is 278 g/mol. The molecule has 0 bridgehead atoms. The number of nitro groups is 2. The van der Waals surface area contributed by atoms with Gasteiger partial charge in [0.25, 0.3) is 11.4 Å². The smallest absolute Gasteiger partial charge is 0.281 e. The van der Waals surface area contributed by atoms with Crippen LogP contribution in [0, 0.1) is 27.2 Å². The summed E-state index contributed by atoms with van der Waals surface area (Å²) in [7, 11) is 0. The normalized spacial score (nSPS) is 10.4. The molecule has 0 fully saturated rings. The first-order valence-corrected chi connectivity index (χ1v) is 5.47. The van der Waals surface area contributed by atoms with E-state index < -0.39 is 9.85 Å². The van der Waals surface area contributed by atoms with Crippen molar-refractivity contribution in [3.8, 4) is 0 Å². The molecule has 0 radical (unpaired) electrons. The summed E-state index contributed by atoms with van der Waals surface area (Å²) in [5, 5.41) is 29.0. The number of nitrogens with zero attached hydrogens (tertiary/aromatic N) is 5. The molecule has 0 aliphatic rings. The third kappa shape index (κ3) is 2.39. The van der Waals surface area contributed by atoms with Gasteiger partial charge in [-0.1, -0.05) is 5.21 Å². The van der Waals surface area contributed by atoms with E-state index in [1.165, 1.54) is 16.8 Å². The molecule has 0 saturated heterocycles. The molecule has 0 saturated carbocycles. The number of non-ortho nitro benzene ring substituents is 1. The van der Waals surface area contributed by atoms with Crippen molar-refractivity contribution < 1.29 is 9.85 Å². The lowest BCUT2D eigenvalue weighted by Gasteiger charge is -2.04. The number of nitrogen functional groups attached to an aromatic ring is 1. The first-order valence-electron chi connectivity index (χ1n) is 5.47. The molecule has 2 rings (SSSR count). The van der Waals surface area contributed by atoms with Gasteiger partial charge >= 0.3 is 0 Å². The molecule has 1 aromatic heterocycles. The van der Waals surface area contributed by atoms with E-state index in [2.05, 4.69) is 10.3 Å². The minimum Gasteiger partial charge on any atom is -0.381 e. The zero-order valence-corrected chi connectivity index (χ0v) is 10.4. The molecule has 20 heavy (non-hydrogen) atoms. The van der Waals surface area contributed by atoms with Crippen LogP contribution in [-0.4, -0.2) is 24.8 Å². The van der Waals surface area contributed by atoms with E-state index in [4.69, 9.17) is 5.73 Å². The number of nitro benzene ring substituents is 2. The lowest BCUT2D eigenvalue weighted by molar-refractivity contribution is -0.394. The number of nitrogens with two attached hydrogens (primary N) is 1. The van der Waals surface area contributed by atoms with E-state index in [9.17, 15) is 20.2 Å². The minimum absolute atomic E-state index is 0.0599. The molecule has 1 aromatic carbocycles. The fraction of sp³-hybridized carbons (Fsp3) is 0.200. The second-order valence-corrected chi connectivity index (χ2v) is 4.04. The van der Waals surface area contributed by atoms with E-state index in [1.807, 2.05) is 0 Å². The minimum atomic E-state index is -0.685. The van der Waals surface area contributed by atoms with Gasteiger partial charge < -0.3 is 5.73 Å². The number of aromatic nitrogens is 3. The number of hydrogen-bond acceptors (Lipinski definition) is 7. The lowest BCUT2D eigenvalue weighted by Crippen LogP contribution is -2.07. The van der Waals surface area contributed by atoms with Crippen LogP contribution in [0.3, 0.4) is 0 Å². The zero-order valence-electron chi connectivity index (χ0n) is 10.4. The van der Waals surface area contributed by atoms with E-state index in [1.54, 1.807) is 6.92 Å². The van der Waals surface area contributed by atoms with Crippen molar-refractivity contribution in [1.82, 2.24) is 15.0 Å². The highest BCUT2D eigenvalue weighted by Gasteiger charge is 2.20. The second-order valence-electron chi connectivity index (χ2n) is 4.04. The van der Waals surface area contributed by atoms with Crippen molar-refractivity contribution >= 4 is 17.2 Å². The predicted molar refractivity (Wildman–Crippen MR) is 68.0 cm³/mol. The predicted octanol–water partition coefficient (Wildman–Crippen LogP) is 1.03. The molecular weight excluding hydrogens is 268 g/mol. The summed E-state index contributed by atoms with van der Waals surface area (Å²) in [6.45, 7) is 1.73. The van der Waals surface area contributed by atoms with Crippen LogP contribution in [-0.2, 0) is 6.54 Å². The highest BCUT2D eigenvalue weighted by molar-refractivity contribution is 5.49. The first kappa shape index (κ1) is 13.4. The Bertz CT molecular complexity index is 695. The molecule has 1 heterocycles.